The van der Waals surface area contributed by atoms with Crippen molar-refractivity contribution in [1.29, 1.82) is 0 Å². The third-order valence-electron chi connectivity index (χ3n) is 10.8. The Bertz CT molecular complexity index is 1160. The summed E-state index contributed by atoms with van der Waals surface area (Å²) in [7, 11) is 0. The topological polar surface area (TPSA) is 151 Å². The number of esters is 2. The van der Waals surface area contributed by atoms with Crippen molar-refractivity contribution in [1.82, 2.24) is 0 Å². The Labute approximate surface area is 307 Å². The van der Waals surface area contributed by atoms with Gasteiger partial charge in [0.25, 0.3) is 0 Å². The van der Waals surface area contributed by atoms with Crippen LogP contribution in [0.2, 0.25) is 0 Å². The zero-order valence-electron chi connectivity index (χ0n) is 32.0. The van der Waals surface area contributed by atoms with Crippen molar-refractivity contribution in [3.05, 3.63) is 6.92 Å². The van der Waals surface area contributed by atoms with Gasteiger partial charge in [0.1, 0.15) is 12.7 Å². The molecule has 12 heteroatoms. The minimum atomic E-state index is -0.704. The lowest BCUT2D eigenvalue weighted by molar-refractivity contribution is -0.156. The van der Waals surface area contributed by atoms with Gasteiger partial charge in [-0.1, -0.05) is 65.2 Å². The van der Waals surface area contributed by atoms with E-state index in [4.69, 9.17) is 9.47 Å². The van der Waals surface area contributed by atoms with Gasteiger partial charge in [0.2, 0.25) is 0 Å². The number of nitrogens with zero attached hydrogens (tertiary/aromatic N) is 8. The predicted octanol–water partition coefficient (Wildman–Crippen LogP) is 11.9. The summed E-state index contributed by atoms with van der Waals surface area (Å²) in [4.78, 5) is 24.5. The van der Waals surface area contributed by atoms with Crippen molar-refractivity contribution in [2.24, 2.45) is 40.9 Å². The molecule has 0 N–H and O–H groups in total. The molecule has 0 saturated carbocycles. The third-order valence-corrected chi connectivity index (χ3v) is 10.8. The summed E-state index contributed by atoms with van der Waals surface area (Å²) < 4.78 is 10.7. The molecular formula is C39H67N8O4. The van der Waals surface area contributed by atoms with Crippen LogP contribution >= 0.6 is 0 Å². The third kappa shape index (κ3) is 16.7. The molecule has 287 valence electrons. The normalized spacial score (nSPS) is 19.2. The smallest absolute Gasteiger partial charge is 0.306 e. The molecule has 1 radical (unpaired) electrons. The molecule has 51 heavy (non-hydrogen) atoms. The number of hydrogen-bond donors (Lipinski definition) is 0. The van der Waals surface area contributed by atoms with Crippen LogP contribution in [0.25, 0.3) is 0 Å². The molecule has 0 aromatic heterocycles. The van der Waals surface area contributed by atoms with E-state index >= 15 is 0 Å². The second-order valence-electron chi connectivity index (χ2n) is 15.7. The van der Waals surface area contributed by atoms with E-state index in [1.807, 2.05) is 0 Å². The van der Waals surface area contributed by atoms with Crippen molar-refractivity contribution in [3.8, 4) is 0 Å². The van der Waals surface area contributed by atoms with E-state index in [1.54, 1.807) is 0 Å². The van der Waals surface area contributed by atoms with Crippen LogP contribution in [-0.4, -0.2) is 47.3 Å². The molecule has 0 spiro atoms. The van der Waals surface area contributed by atoms with Gasteiger partial charge in [-0.2, -0.15) is 40.9 Å². The predicted molar refractivity (Wildman–Crippen MR) is 197 cm³/mol. The van der Waals surface area contributed by atoms with Crippen LogP contribution in [0, 0.1) is 6.92 Å². The lowest BCUT2D eigenvalue weighted by Gasteiger charge is -2.14. The van der Waals surface area contributed by atoms with Crippen molar-refractivity contribution < 1.29 is 19.1 Å². The fraction of sp³-hybridized carbons (Fsp3) is 0.923. The molecule has 0 aliphatic carbocycles. The first-order valence-corrected chi connectivity index (χ1v) is 20.7. The van der Waals surface area contributed by atoms with Crippen molar-refractivity contribution >= 4 is 11.9 Å². The van der Waals surface area contributed by atoms with Gasteiger partial charge in [0, 0.05) is 12.8 Å². The van der Waals surface area contributed by atoms with E-state index in [0.29, 0.717) is 12.8 Å². The molecular weight excluding hydrogens is 644 g/mol. The highest BCUT2D eigenvalue weighted by molar-refractivity contribution is 5.70. The summed E-state index contributed by atoms with van der Waals surface area (Å²) in [5.41, 5.74) is -0.461. The summed E-state index contributed by atoms with van der Waals surface area (Å²) >= 11 is 0. The summed E-state index contributed by atoms with van der Waals surface area (Å²) in [5.74, 6) is -0.596. The Kier molecular flexibility index (Phi) is 17.0. The van der Waals surface area contributed by atoms with E-state index < -0.39 is 6.10 Å². The molecule has 0 aromatic rings. The van der Waals surface area contributed by atoms with Crippen LogP contribution in [0.3, 0.4) is 0 Å². The maximum absolute atomic E-state index is 12.3. The Hall–Kier alpha value is -2.66. The van der Waals surface area contributed by atoms with E-state index in [2.05, 4.69) is 61.7 Å². The first-order valence-electron chi connectivity index (χ1n) is 20.7. The minimum absolute atomic E-state index is 0.0169. The van der Waals surface area contributed by atoms with E-state index in [0.717, 1.165) is 89.9 Å². The first kappa shape index (κ1) is 41.1. The summed E-state index contributed by atoms with van der Waals surface area (Å²) in [6.07, 6.45) is 28.2. The highest BCUT2D eigenvalue weighted by Crippen LogP contribution is 2.42. The second kappa shape index (κ2) is 21.1. The lowest BCUT2D eigenvalue weighted by atomic mass is 9.96. The second-order valence-corrected chi connectivity index (χ2v) is 15.7. The van der Waals surface area contributed by atoms with Crippen molar-refractivity contribution in [2.45, 2.75) is 222 Å². The number of ether oxygens (including phenoxy) is 2. The molecule has 4 aliphatic heterocycles. The molecule has 0 fully saturated rings. The van der Waals surface area contributed by atoms with E-state index in [-0.39, 0.29) is 41.2 Å². The summed E-state index contributed by atoms with van der Waals surface area (Å²) in [6.45, 7) is 8.25. The van der Waals surface area contributed by atoms with Crippen LogP contribution in [0.5, 0.6) is 0 Å². The zero-order chi connectivity index (χ0) is 36.3. The van der Waals surface area contributed by atoms with Gasteiger partial charge >= 0.3 is 11.9 Å². The maximum atomic E-state index is 12.3. The molecule has 0 bridgehead atoms. The first-order chi connectivity index (χ1) is 24.8. The van der Waals surface area contributed by atoms with Gasteiger partial charge in [-0.15, -0.1) is 0 Å². The molecule has 1 unspecified atom stereocenters. The fourth-order valence-electron chi connectivity index (χ4n) is 7.09. The van der Waals surface area contributed by atoms with Gasteiger partial charge in [-0.3, -0.25) is 9.59 Å². The maximum Gasteiger partial charge on any atom is 0.306 e. The van der Waals surface area contributed by atoms with Crippen LogP contribution in [-0.2, 0) is 19.1 Å². The molecule has 12 nitrogen and oxygen atoms in total. The molecule has 0 saturated heterocycles. The monoisotopic (exact) mass is 712 g/mol. The molecule has 4 heterocycles. The average molecular weight is 712 g/mol. The Morgan fingerprint density at radius 3 is 1.08 bits per heavy atom. The standard InChI is InChI=1S/C39H67N8O4/c1-4-6-24-36(40-41-36)26-16-10-8-12-18-28-38(44-45-38)30-20-14-22-34(48)50-32-33(3)51-35(49)23-15-21-31-39(46-47-39)29-19-13-9-11-17-27-37(42-43-37)25-7-5-2/h33H,3-32H2,1-2H3. The van der Waals surface area contributed by atoms with Crippen LogP contribution in [0.4, 0.5) is 0 Å². The Morgan fingerprint density at radius 1 is 0.451 bits per heavy atom. The van der Waals surface area contributed by atoms with Crippen LogP contribution < -0.4 is 0 Å². The highest BCUT2D eigenvalue weighted by Gasteiger charge is 2.40. The highest BCUT2D eigenvalue weighted by atomic mass is 16.6. The van der Waals surface area contributed by atoms with Crippen molar-refractivity contribution in [2.75, 3.05) is 6.61 Å². The molecule has 0 aromatic carbocycles. The molecule has 0 amide bonds. The van der Waals surface area contributed by atoms with Gasteiger partial charge < -0.3 is 9.47 Å². The van der Waals surface area contributed by atoms with Crippen molar-refractivity contribution in [3.63, 3.8) is 0 Å². The molecule has 4 aliphatic rings. The summed E-state index contributed by atoms with van der Waals surface area (Å²) in [6, 6.07) is 0. The van der Waals surface area contributed by atoms with Gasteiger partial charge in [-0.05, 0) is 122 Å². The minimum Gasteiger partial charge on any atom is -0.462 e. The van der Waals surface area contributed by atoms with E-state index in [9.17, 15) is 9.59 Å². The van der Waals surface area contributed by atoms with Crippen LogP contribution in [0.15, 0.2) is 40.9 Å². The number of hydrogen-bond acceptors (Lipinski definition) is 12. The number of unbranched alkanes of at least 4 members (excludes halogenated alkanes) is 12. The molecule has 1 atom stereocenters. The zero-order valence-corrected chi connectivity index (χ0v) is 32.0. The quantitative estimate of drug-likeness (QED) is 0.0474. The number of rotatable bonds is 35. The van der Waals surface area contributed by atoms with Crippen LogP contribution in [0.1, 0.15) is 194 Å². The number of carbonyl (C=O) groups is 2. The van der Waals surface area contributed by atoms with Gasteiger partial charge in [-0.25, -0.2) is 0 Å². The average Bonchev–Trinajstić information content (AvgIpc) is 3.93. The van der Waals surface area contributed by atoms with E-state index in [1.165, 1.54) is 77.0 Å². The lowest BCUT2D eigenvalue weighted by Crippen LogP contribution is -2.22. The Balaban J connectivity index is 0.896. The fourth-order valence-corrected chi connectivity index (χ4v) is 7.09. The number of carbonyl (C=O) groups excluding carboxylic acids is 2. The Morgan fingerprint density at radius 2 is 0.745 bits per heavy atom. The van der Waals surface area contributed by atoms with Gasteiger partial charge in [0.05, 0.1) is 0 Å². The largest absolute Gasteiger partial charge is 0.462 e. The summed E-state index contributed by atoms with van der Waals surface area (Å²) in [5, 5.41) is 34.5. The van der Waals surface area contributed by atoms with Gasteiger partial charge in [0.15, 0.2) is 22.7 Å². The molecule has 4 rings (SSSR count). The SMILES string of the molecule is [CH2]C(COC(=O)CCCCC1(CCCCCCCC2(CCCC)N=N2)N=N1)OC(=O)CCCCC1(CCCCCCCC2(CCCC)N=N2)N=N1.